The molecule has 0 amide bonds. The van der Waals surface area contributed by atoms with E-state index in [4.69, 9.17) is 41.3 Å². The molecule has 22 heteroatoms. The second-order valence-electron chi connectivity index (χ2n) is 10.3. The molecule has 5 rings (SSSR count). The van der Waals surface area contributed by atoms with Gasteiger partial charge in [0.2, 0.25) is 5.95 Å². The van der Waals surface area contributed by atoms with E-state index in [9.17, 15) is 39.5 Å². The zero-order chi connectivity index (χ0) is 38.6. The largest absolute Gasteiger partial charge is 0.490 e. The van der Waals surface area contributed by atoms with Gasteiger partial charge in [0.25, 0.3) is 0 Å². The van der Waals surface area contributed by atoms with Crippen molar-refractivity contribution < 1.29 is 69.2 Å². The fourth-order valence-corrected chi connectivity index (χ4v) is 4.20. The van der Waals surface area contributed by atoms with E-state index in [0.29, 0.717) is 16.8 Å². The Kier molecular flexibility index (Phi) is 15.2. The van der Waals surface area contributed by atoms with Gasteiger partial charge in [0.05, 0.1) is 6.20 Å². The number of halogens is 10. The number of carboxylic acid groups (broad SMARTS) is 3. The highest BCUT2D eigenvalue weighted by Gasteiger charge is 2.39. The molecule has 1 fully saturated rings. The van der Waals surface area contributed by atoms with Crippen LogP contribution in [0.1, 0.15) is 16.7 Å². The van der Waals surface area contributed by atoms with Crippen molar-refractivity contribution >= 4 is 52.6 Å². The molecule has 0 saturated carbocycles. The number of carboxylic acids is 3. The Hall–Kier alpha value is -4.89. The summed E-state index contributed by atoms with van der Waals surface area (Å²) in [4.78, 5) is 38.1. The van der Waals surface area contributed by atoms with Gasteiger partial charge in [0.15, 0.2) is 5.82 Å². The Bertz CT molecular complexity index is 1600. The van der Waals surface area contributed by atoms with Crippen LogP contribution in [-0.4, -0.2) is 92.8 Å². The maximum Gasteiger partial charge on any atom is 0.490 e. The van der Waals surface area contributed by atoms with Crippen LogP contribution in [0.25, 0.3) is 0 Å². The second kappa shape index (κ2) is 18.4. The molecule has 2 aliphatic heterocycles. The fourth-order valence-electron chi connectivity index (χ4n) is 4.07. The summed E-state index contributed by atoms with van der Waals surface area (Å²) in [5.41, 5.74) is 6.02. The molecule has 1 saturated heterocycles. The van der Waals surface area contributed by atoms with Crippen molar-refractivity contribution in [3.63, 3.8) is 0 Å². The summed E-state index contributed by atoms with van der Waals surface area (Å²) in [7, 11) is 0. The first-order valence-electron chi connectivity index (χ1n) is 14.2. The van der Waals surface area contributed by atoms with Gasteiger partial charge in [-0.1, -0.05) is 29.8 Å². The van der Waals surface area contributed by atoms with Crippen molar-refractivity contribution in [3.8, 4) is 0 Å². The Morgan fingerprint density at radius 3 is 1.82 bits per heavy atom. The molecule has 0 atom stereocenters. The molecule has 3 heterocycles. The van der Waals surface area contributed by atoms with Gasteiger partial charge < -0.3 is 31.3 Å². The van der Waals surface area contributed by atoms with E-state index >= 15 is 0 Å². The second-order valence-corrected chi connectivity index (χ2v) is 10.7. The van der Waals surface area contributed by atoms with Crippen LogP contribution in [0.3, 0.4) is 0 Å². The monoisotopic (exact) mass is 762 g/mol. The van der Waals surface area contributed by atoms with E-state index in [-0.39, 0.29) is 0 Å². The van der Waals surface area contributed by atoms with Crippen LogP contribution in [0, 0.1) is 0 Å². The predicted octanol–water partition coefficient (Wildman–Crippen LogP) is 6.02. The minimum absolute atomic E-state index is 0.496. The number of aryl methyl sites for hydroxylation is 2. The van der Waals surface area contributed by atoms with Crippen LogP contribution in [0.2, 0.25) is 5.02 Å². The molecule has 1 aromatic heterocycles. The first-order valence-corrected chi connectivity index (χ1v) is 14.5. The molecule has 0 aliphatic carbocycles. The third-order valence-electron chi connectivity index (χ3n) is 6.41. The van der Waals surface area contributed by atoms with Gasteiger partial charge in [-0.15, -0.1) is 0 Å². The van der Waals surface area contributed by atoms with Crippen molar-refractivity contribution in [1.29, 1.82) is 0 Å². The van der Waals surface area contributed by atoms with Crippen molar-refractivity contribution in [1.82, 2.24) is 20.2 Å². The highest BCUT2D eigenvalue weighted by Crippen LogP contribution is 2.28. The minimum atomic E-state index is -5.08. The Morgan fingerprint density at radius 2 is 1.29 bits per heavy atom. The Labute approximate surface area is 287 Å². The van der Waals surface area contributed by atoms with Crippen molar-refractivity contribution in [2.24, 2.45) is 0 Å². The van der Waals surface area contributed by atoms with Crippen LogP contribution < -0.4 is 16.0 Å². The Balaban J connectivity index is 0.000000352. The van der Waals surface area contributed by atoms with E-state index in [2.05, 4.69) is 67.2 Å². The zero-order valence-corrected chi connectivity index (χ0v) is 26.5. The number of fused-ring (bicyclic) bond motifs is 6. The van der Waals surface area contributed by atoms with Gasteiger partial charge in [0, 0.05) is 44.1 Å². The molecule has 0 spiro atoms. The number of alkyl halides is 9. The van der Waals surface area contributed by atoms with Crippen LogP contribution in [0.15, 0.2) is 48.7 Å². The number of hydrogen-bond donors (Lipinski definition) is 6. The van der Waals surface area contributed by atoms with E-state index in [1.807, 2.05) is 6.07 Å². The highest BCUT2D eigenvalue weighted by molar-refractivity contribution is 6.32. The fraction of sp³-hybridized carbons (Fsp3) is 0.345. The normalized spacial score (nSPS) is 14.3. The summed E-state index contributed by atoms with van der Waals surface area (Å²) in [5, 5.41) is 32.0. The number of anilines is 4. The number of benzene rings is 2. The molecule has 6 N–H and O–H groups in total. The summed E-state index contributed by atoms with van der Waals surface area (Å²) in [6.07, 6.45) is -11.7. The molecule has 2 aliphatic rings. The molecule has 3 aromatic rings. The van der Waals surface area contributed by atoms with Crippen LogP contribution >= 0.6 is 11.6 Å². The minimum Gasteiger partial charge on any atom is -0.475 e. The lowest BCUT2D eigenvalue weighted by molar-refractivity contribution is -0.193. The van der Waals surface area contributed by atoms with Gasteiger partial charge in [-0.2, -0.15) is 44.5 Å². The molecular weight excluding hydrogens is 735 g/mol. The molecule has 51 heavy (non-hydrogen) atoms. The van der Waals surface area contributed by atoms with Crippen LogP contribution in [0.4, 0.5) is 62.7 Å². The first-order chi connectivity index (χ1) is 23.6. The maximum atomic E-state index is 10.6. The highest BCUT2D eigenvalue weighted by atomic mass is 35.5. The zero-order valence-electron chi connectivity index (χ0n) is 25.8. The summed E-state index contributed by atoms with van der Waals surface area (Å²) in [5.74, 6) is -7.15. The average Bonchev–Trinajstić information content (AvgIpc) is 3.03. The van der Waals surface area contributed by atoms with Gasteiger partial charge >= 0.3 is 36.4 Å². The number of hydrogen-bond acceptors (Lipinski definition) is 9. The SMILES string of the molecule is Clc1cnc2nc1Nc1ccc(CN3CCNCC3)c(c1)CCc1cccc(c1)N2.O=C(O)C(F)(F)F.O=C(O)C(F)(F)F.O=C(O)C(F)(F)F. The van der Waals surface area contributed by atoms with Crippen molar-refractivity contribution in [3.05, 3.63) is 70.4 Å². The van der Waals surface area contributed by atoms with E-state index in [1.165, 1.54) is 16.7 Å². The summed E-state index contributed by atoms with van der Waals surface area (Å²) in [6.45, 7) is 5.28. The molecule has 6 bridgehead atoms. The topological polar surface area (TPSA) is 177 Å². The summed E-state index contributed by atoms with van der Waals surface area (Å²) < 4.78 is 95.2. The smallest absolute Gasteiger partial charge is 0.475 e. The quantitative estimate of drug-likeness (QED) is 0.168. The van der Waals surface area contributed by atoms with E-state index in [0.717, 1.165) is 56.9 Å². The number of rotatable bonds is 2. The van der Waals surface area contributed by atoms with Gasteiger partial charge in [-0.05, 0) is 53.8 Å². The lowest BCUT2D eigenvalue weighted by Gasteiger charge is -2.28. The predicted molar refractivity (Wildman–Crippen MR) is 163 cm³/mol. The van der Waals surface area contributed by atoms with E-state index in [1.54, 1.807) is 6.20 Å². The standard InChI is InChI=1S/C23H25ClN6.3C2HF3O2/c24-21-14-26-23-28-19-3-1-2-16(12-19)4-5-17-13-20(27-22(21)29-23)7-6-18(17)15-30-10-8-25-9-11-30;3*3-2(4,5)1(6)7/h1-3,6-7,12-14,25H,4-5,8-11,15H2,(H2,26,27,28,29);3*(H,6,7). The van der Waals surface area contributed by atoms with Crippen LogP contribution in [0.5, 0.6) is 0 Å². The first kappa shape index (κ1) is 42.3. The number of carbonyl (C=O) groups is 3. The van der Waals surface area contributed by atoms with Gasteiger partial charge in [0.1, 0.15) is 5.02 Å². The molecule has 0 unspecified atom stereocenters. The molecule has 12 nitrogen and oxygen atoms in total. The molecule has 2 aromatic carbocycles. The lowest BCUT2D eigenvalue weighted by atomic mass is 9.98. The molecular formula is C29H28ClF9N6O6. The van der Waals surface area contributed by atoms with Crippen LogP contribution in [-0.2, 0) is 33.8 Å². The van der Waals surface area contributed by atoms with Gasteiger partial charge in [-0.3, -0.25) is 4.90 Å². The third-order valence-corrected chi connectivity index (χ3v) is 6.69. The lowest BCUT2D eigenvalue weighted by Crippen LogP contribution is -2.43. The number of aliphatic carboxylic acids is 3. The number of nitrogens with zero attached hydrogens (tertiary/aromatic N) is 3. The van der Waals surface area contributed by atoms with Crippen molar-refractivity contribution in [2.45, 2.75) is 37.9 Å². The van der Waals surface area contributed by atoms with Crippen molar-refractivity contribution in [2.75, 3.05) is 36.8 Å². The van der Waals surface area contributed by atoms with E-state index < -0.39 is 36.4 Å². The maximum absolute atomic E-state index is 10.6. The summed E-state index contributed by atoms with van der Waals surface area (Å²) in [6, 6.07) is 15.1. The number of piperazine rings is 1. The number of aromatic nitrogens is 2. The Morgan fingerprint density at radius 1 is 0.765 bits per heavy atom. The summed E-state index contributed by atoms with van der Waals surface area (Å²) >= 11 is 6.37. The molecule has 280 valence electrons. The average molecular weight is 763 g/mol. The molecule has 0 radical (unpaired) electrons. The third kappa shape index (κ3) is 15.3. The number of nitrogens with one attached hydrogen (secondary N) is 3. The van der Waals surface area contributed by atoms with Gasteiger partial charge in [-0.25, -0.2) is 19.4 Å².